The molecule has 162 valence electrons. The number of pyridine rings is 2. The Kier molecular flexibility index (Phi) is 6.62. The number of aryl methyl sites for hydroxylation is 1. The number of nitrogens with zero attached hydrogens (tertiary/aromatic N) is 2. The van der Waals surface area contributed by atoms with Crippen molar-refractivity contribution < 1.29 is 23.1 Å². The molecule has 2 aromatic heterocycles. The summed E-state index contributed by atoms with van der Waals surface area (Å²) in [5.74, 6) is -0.617. The summed E-state index contributed by atoms with van der Waals surface area (Å²) in [5.41, 5.74) is 1.57. The van der Waals surface area contributed by atoms with Gasteiger partial charge in [-0.15, -0.1) is 0 Å². The SMILES string of the molecule is Cc1ccc(-c2cc(C(=O)N[C@H](C)c3ccc(Cl)cn3)cc(C(O)C(F)(F)F)c2)nc1. The van der Waals surface area contributed by atoms with Gasteiger partial charge in [0.2, 0.25) is 0 Å². The molecule has 0 aliphatic rings. The number of halogens is 4. The molecule has 0 saturated carbocycles. The van der Waals surface area contributed by atoms with E-state index >= 15 is 0 Å². The first-order valence-electron chi connectivity index (χ1n) is 9.29. The quantitative estimate of drug-likeness (QED) is 0.562. The van der Waals surface area contributed by atoms with Crippen LogP contribution in [0.15, 0.2) is 54.9 Å². The summed E-state index contributed by atoms with van der Waals surface area (Å²) in [7, 11) is 0. The molecule has 0 aliphatic carbocycles. The van der Waals surface area contributed by atoms with Gasteiger partial charge in [-0.1, -0.05) is 17.7 Å². The monoisotopic (exact) mass is 449 g/mol. The summed E-state index contributed by atoms with van der Waals surface area (Å²) < 4.78 is 39.4. The van der Waals surface area contributed by atoms with E-state index in [1.54, 1.807) is 37.4 Å². The third-order valence-corrected chi connectivity index (χ3v) is 4.82. The van der Waals surface area contributed by atoms with E-state index in [1.807, 2.05) is 6.92 Å². The number of nitrogens with one attached hydrogen (secondary N) is 1. The van der Waals surface area contributed by atoms with Gasteiger partial charge >= 0.3 is 6.18 Å². The summed E-state index contributed by atoms with van der Waals surface area (Å²) in [5, 5.41) is 12.9. The van der Waals surface area contributed by atoms with Gasteiger partial charge < -0.3 is 10.4 Å². The molecule has 0 saturated heterocycles. The molecule has 0 fully saturated rings. The standard InChI is InChI=1S/C22H19ClF3N3O2/c1-12-3-5-19(27-10-12)14-7-15(20(30)22(24,25)26)9-16(8-14)21(31)29-13(2)18-6-4-17(23)11-28-18/h3-11,13,20,30H,1-2H3,(H,29,31)/t13-,20?/m1/s1. The average Bonchev–Trinajstić information content (AvgIpc) is 2.73. The van der Waals surface area contributed by atoms with Crippen molar-refractivity contribution in [3.05, 3.63) is 82.3 Å². The second-order valence-corrected chi connectivity index (χ2v) is 7.54. The van der Waals surface area contributed by atoms with E-state index in [2.05, 4.69) is 15.3 Å². The molecule has 1 unspecified atom stereocenters. The van der Waals surface area contributed by atoms with E-state index in [9.17, 15) is 23.1 Å². The van der Waals surface area contributed by atoms with Gasteiger partial charge in [0.05, 0.1) is 22.5 Å². The van der Waals surface area contributed by atoms with E-state index in [0.29, 0.717) is 16.4 Å². The summed E-state index contributed by atoms with van der Waals surface area (Å²) >= 11 is 5.82. The van der Waals surface area contributed by atoms with Crippen LogP contribution in [-0.2, 0) is 0 Å². The van der Waals surface area contributed by atoms with Crippen LogP contribution in [-0.4, -0.2) is 27.2 Å². The number of alkyl halides is 3. The van der Waals surface area contributed by atoms with Crippen LogP contribution in [0.1, 0.15) is 46.2 Å². The summed E-state index contributed by atoms with van der Waals surface area (Å²) in [6.07, 6.45) is -4.62. The minimum atomic E-state index is -4.88. The van der Waals surface area contributed by atoms with Gasteiger partial charge in [0.1, 0.15) is 0 Å². The first-order chi connectivity index (χ1) is 14.5. The van der Waals surface area contributed by atoms with Gasteiger partial charge in [-0.25, -0.2) is 0 Å². The second-order valence-electron chi connectivity index (χ2n) is 7.11. The normalized spacial score (nSPS) is 13.5. The highest BCUT2D eigenvalue weighted by molar-refractivity contribution is 6.30. The predicted molar refractivity (Wildman–Crippen MR) is 111 cm³/mol. The van der Waals surface area contributed by atoms with Crippen LogP contribution in [0.5, 0.6) is 0 Å². The highest BCUT2D eigenvalue weighted by Gasteiger charge is 2.39. The van der Waals surface area contributed by atoms with E-state index in [-0.39, 0.29) is 11.1 Å². The van der Waals surface area contributed by atoms with Crippen molar-refractivity contribution in [1.82, 2.24) is 15.3 Å². The predicted octanol–water partition coefficient (Wildman–Crippen LogP) is 5.19. The van der Waals surface area contributed by atoms with Gasteiger partial charge in [-0.05, 0) is 61.4 Å². The molecular weight excluding hydrogens is 431 g/mol. The Labute approximate surface area is 181 Å². The van der Waals surface area contributed by atoms with Crippen LogP contribution < -0.4 is 5.32 Å². The molecule has 3 rings (SSSR count). The summed E-state index contributed by atoms with van der Waals surface area (Å²) in [4.78, 5) is 21.2. The zero-order valence-electron chi connectivity index (χ0n) is 16.6. The smallest absolute Gasteiger partial charge is 0.379 e. The van der Waals surface area contributed by atoms with E-state index in [1.165, 1.54) is 18.3 Å². The Morgan fingerprint density at radius 3 is 2.42 bits per heavy atom. The maximum atomic E-state index is 13.1. The molecule has 0 aliphatic heterocycles. The first-order valence-corrected chi connectivity index (χ1v) is 9.67. The molecule has 2 N–H and O–H groups in total. The number of carbonyl (C=O) groups excluding carboxylic acids is 1. The van der Waals surface area contributed by atoms with Gasteiger partial charge in [-0.2, -0.15) is 13.2 Å². The fraction of sp³-hybridized carbons (Fsp3) is 0.227. The summed E-state index contributed by atoms with van der Waals surface area (Å²) in [6, 6.07) is 9.75. The Bertz CT molecular complexity index is 1070. The first kappa shape index (κ1) is 22.7. The Morgan fingerprint density at radius 2 is 1.84 bits per heavy atom. The minimum Gasteiger partial charge on any atom is -0.379 e. The highest BCUT2D eigenvalue weighted by atomic mass is 35.5. The lowest BCUT2D eigenvalue weighted by Crippen LogP contribution is -2.28. The largest absolute Gasteiger partial charge is 0.418 e. The molecule has 0 bridgehead atoms. The number of rotatable bonds is 5. The van der Waals surface area contributed by atoms with E-state index < -0.39 is 29.8 Å². The lowest BCUT2D eigenvalue weighted by molar-refractivity contribution is -0.206. The fourth-order valence-electron chi connectivity index (χ4n) is 2.91. The van der Waals surface area contributed by atoms with Crippen molar-refractivity contribution in [3.8, 4) is 11.3 Å². The molecular formula is C22H19ClF3N3O2. The lowest BCUT2D eigenvalue weighted by atomic mass is 9.98. The van der Waals surface area contributed by atoms with Crippen molar-refractivity contribution in [1.29, 1.82) is 0 Å². The van der Waals surface area contributed by atoms with Crippen LogP contribution in [0.2, 0.25) is 5.02 Å². The molecule has 31 heavy (non-hydrogen) atoms. The maximum Gasteiger partial charge on any atom is 0.418 e. The minimum absolute atomic E-state index is 0.0426. The molecule has 5 nitrogen and oxygen atoms in total. The number of hydrogen-bond donors (Lipinski definition) is 2. The third-order valence-electron chi connectivity index (χ3n) is 4.59. The van der Waals surface area contributed by atoms with Gasteiger partial charge in [0, 0.05) is 23.5 Å². The highest BCUT2D eigenvalue weighted by Crippen LogP contribution is 2.35. The van der Waals surface area contributed by atoms with Gasteiger partial charge in [0.15, 0.2) is 6.10 Å². The van der Waals surface area contributed by atoms with E-state index in [0.717, 1.165) is 11.6 Å². The molecule has 1 amide bonds. The topological polar surface area (TPSA) is 75.1 Å². The number of carbonyl (C=O) groups is 1. The van der Waals surface area contributed by atoms with Crippen LogP contribution in [0, 0.1) is 6.92 Å². The zero-order chi connectivity index (χ0) is 22.8. The molecule has 0 spiro atoms. The maximum absolute atomic E-state index is 13.1. The van der Waals surface area contributed by atoms with Crippen LogP contribution in [0.4, 0.5) is 13.2 Å². The number of aromatic nitrogens is 2. The molecule has 1 aromatic carbocycles. The van der Waals surface area contributed by atoms with Crippen molar-refractivity contribution >= 4 is 17.5 Å². The fourth-order valence-corrected chi connectivity index (χ4v) is 3.03. The molecule has 2 atom stereocenters. The molecule has 2 heterocycles. The number of benzene rings is 1. The number of amides is 1. The van der Waals surface area contributed by atoms with Crippen LogP contribution in [0.25, 0.3) is 11.3 Å². The zero-order valence-corrected chi connectivity index (χ0v) is 17.4. The van der Waals surface area contributed by atoms with Gasteiger partial charge in [-0.3, -0.25) is 14.8 Å². The molecule has 3 aromatic rings. The molecule has 9 heteroatoms. The van der Waals surface area contributed by atoms with Crippen LogP contribution in [0.3, 0.4) is 0 Å². The van der Waals surface area contributed by atoms with E-state index in [4.69, 9.17) is 11.6 Å². The lowest BCUT2D eigenvalue weighted by Gasteiger charge is -2.18. The summed E-state index contributed by atoms with van der Waals surface area (Å²) in [6.45, 7) is 3.51. The average molecular weight is 450 g/mol. The number of aliphatic hydroxyl groups excluding tert-OH is 1. The second kappa shape index (κ2) is 9.03. The molecule has 0 radical (unpaired) electrons. The number of aliphatic hydroxyl groups is 1. The third kappa shape index (κ3) is 5.59. The van der Waals surface area contributed by atoms with Crippen molar-refractivity contribution in [2.75, 3.05) is 0 Å². The Hall–Kier alpha value is -2.97. The number of hydrogen-bond acceptors (Lipinski definition) is 4. The van der Waals surface area contributed by atoms with Gasteiger partial charge in [0.25, 0.3) is 5.91 Å². The van der Waals surface area contributed by atoms with Crippen molar-refractivity contribution in [2.24, 2.45) is 0 Å². The van der Waals surface area contributed by atoms with Crippen molar-refractivity contribution in [2.45, 2.75) is 32.2 Å². The van der Waals surface area contributed by atoms with Crippen molar-refractivity contribution in [3.63, 3.8) is 0 Å². The Morgan fingerprint density at radius 1 is 1.10 bits per heavy atom. The van der Waals surface area contributed by atoms with Crippen LogP contribution >= 0.6 is 11.6 Å². The Balaban J connectivity index is 1.97.